The number of hydrogen-bond donors (Lipinski definition) is 1. The first-order valence-electron chi connectivity index (χ1n) is 6.89. The van der Waals surface area contributed by atoms with E-state index in [9.17, 15) is 0 Å². The molecule has 6 nitrogen and oxygen atoms in total. The molecule has 0 radical (unpaired) electrons. The van der Waals surface area contributed by atoms with Crippen LogP contribution in [0.25, 0.3) is 11.4 Å². The van der Waals surface area contributed by atoms with Gasteiger partial charge in [-0.2, -0.15) is 0 Å². The van der Waals surface area contributed by atoms with Crippen LogP contribution in [0.4, 0.5) is 5.69 Å². The fraction of sp³-hybridized carbons (Fsp3) is 0.500. The maximum absolute atomic E-state index is 5.86. The summed E-state index contributed by atoms with van der Waals surface area (Å²) in [5.74, 6) is 2.84. The van der Waals surface area contributed by atoms with Crippen LogP contribution >= 0.6 is 0 Å². The number of anilines is 1. The molecule has 1 fully saturated rings. The number of benzene rings is 1. The van der Waals surface area contributed by atoms with Gasteiger partial charge in [-0.25, -0.2) is 4.68 Å². The minimum Gasteiger partial charge on any atom is -0.496 e. The first-order valence-corrected chi connectivity index (χ1v) is 6.89. The Morgan fingerprint density at radius 3 is 2.95 bits per heavy atom. The third-order valence-corrected chi connectivity index (χ3v) is 3.88. The van der Waals surface area contributed by atoms with E-state index in [1.54, 1.807) is 7.11 Å². The molecule has 0 aliphatic heterocycles. The van der Waals surface area contributed by atoms with Crippen LogP contribution in [0.15, 0.2) is 18.2 Å². The van der Waals surface area contributed by atoms with Crippen molar-refractivity contribution in [1.82, 2.24) is 20.2 Å². The fourth-order valence-corrected chi connectivity index (χ4v) is 2.51. The van der Waals surface area contributed by atoms with Gasteiger partial charge in [-0.15, -0.1) is 5.10 Å². The molecule has 1 heterocycles. The zero-order chi connectivity index (χ0) is 14.1. The molecule has 1 aliphatic rings. The van der Waals surface area contributed by atoms with Crippen LogP contribution in [0.2, 0.25) is 0 Å². The van der Waals surface area contributed by atoms with Crippen molar-refractivity contribution in [1.29, 1.82) is 0 Å². The number of ether oxygens (including phenoxy) is 1. The molecular weight excluding hydrogens is 254 g/mol. The highest BCUT2D eigenvalue weighted by Gasteiger charge is 2.29. The average molecular weight is 273 g/mol. The van der Waals surface area contributed by atoms with Crippen LogP contribution in [-0.4, -0.2) is 27.3 Å². The zero-order valence-corrected chi connectivity index (χ0v) is 11.8. The normalized spacial score (nSPS) is 16.1. The molecule has 0 spiro atoms. The molecule has 1 aliphatic carbocycles. The van der Waals surface area contributed by atoms with Crippen molar-refractivity contribution in [3.8, 4) is 17.1 Å². The second-order valence-corrected chi connectivity index (χ2v) is 5.46. The third kappa shape index (κ3) is 2.45. The van der Waals surface area contributed by atoms with E-state index < -0.39 is 0 Å². The highest BCUT2D eigenvalue weighted by atomic mass is 16.5. The quantitative estimate of drug-likeness (QED) is 0.843. The molecule has 0 saturated heterocycles. The van der Waals surface area contributed by atoms with E-state index in [4.69, 9.17) is 10.5 Å². The highest BCUT2D eigenvalue weighted by Crippen LogP contribution is 2.38. The van der Waals surface area contributed by atoms with Gasteiger partial charge in [-0.1, -0.05) is 6.92 Å². The standard InChI is InChI=1S/C14H19N5O/c1-9(10-3-4-10)8-19-14(16-17-18-19)12-7-11(15)5-6-13(12)20-2/h5-7,9-10H,3-4,8,15H2,1-2H3. The first-order chi connectivity index (χ1) is 9.69. The number of nitrogens with two attached hydrogens (primary N) is 1. The van der Waals surface area contributed by atoms with Crippen LogP contribution in [0.3, 0.4) is 0 Å². The minimum atomic E-state index is 0.587. The van der Waals surface area contributed by atoms with Crippen molar-refractivity contribution in [3.05, 3.63) is 18.2 Å². The molecule has 3 rings (SSSR count). The van der Waals surface area contributed by atoms with Gasteiger partial charge in [-0.3, -0.25) is 0 Å². The minimum absolute atomic E-state index is 0.587. The van der Waals surface area contributed by atoms with E-state index in [1.807, 2.05) is 22.9 Å². The van der Waals surface area contributed by atoms with Crippen LogP contribution in [0.1, 0.15) is 19.8 Å². The predicted octanol–water partition coefficient (Wildman–Crippen LogP) is 1.98. The summed E-state index contributed by atoms with van der Waals surface area (Å²) in [6.45, 7) is 3.07. The second-order valence-electron chi connectivity index (χ2n) is 5.46. The number of hydrogen-bond acceptors (Lipinski definition) is 5. The molecule has 1 aromatic heterocycles. The summed E-state index contributed by atoms with van der Waals surface area (Å²) in [6, 6.07) is 5.50. The van der Waals surface area contributed by atoms with Crippen molar-refractivity contribution in [2.45, 2.75) is 26.3 Å². The van der Waals surface area contributed by atoms with Gasteiger partial charge in [0.2, 0.25) is 0 Å². The molecule has 1 aromatic carbocycles. The smallest absolute Gasteiger partial charge is 0.185 e. The van der Waals surface area contributed by atoms with Crippen molar-refractivity contribution in [3.63, 3.8) is 0 Å². The number of tetrazole rings is 1. The molecular formula is C14H19N5O. The van der Waals surface area contributed by atoms with Gasteiger partial charge in [0.1, 0.15) is 5.75 Å². The Kier molecular flexibility index (Phi) is 3.30. The topological polar surface area (TPSA) is 78.8 Å². The zero-order valence-electron chi connectivity index (χ0n) is 11.8. The lowest BCUT2D eigenvalue weighted by atomic mass is 10.1. The van der Waals surface area contributed by atoms with Gasteiger partial charge < -0.3 is 10.5 Å². The van der Waals surface area contributed by atoms with Gasteiger partial charge >= 0.3 is 0 Å². The highest BCUT2D eigenvalue weighted by molar-refractivity contribution is 5.68. The van der Waals surface area contributed by atoms with E-state index in [0.717, 1.165) is 23.8 Å². The number of rotatable bonds is 5. The average Bonchev–Trinajstić information content (AvgIpc) is 3.20. The van der Waals surface area contributed by atoms with Gasteiger partial charge in [0.25, 0.3) is 0 Å². The lowest BCUT2D eigenvalue weighted by molar-refractivity contribution is 0.399. The molecule has 1 atom stereocenters. The van der Waals surface area contributed by atoms with Gasteiger partial charge in [-0.05, 0) is 53.3 Å². The maximum Gasteiger partial charge on any atom is 0.185 e. The molecule has 106 valence electrons. The first kappa shape index (κ1) is 12.9. The summed E-state index contributed by atoms with van der Waals surface area (Å²) in [5, 5.41) is 12.0. The predicted molar refractivity (Wildman–Crippen MR) is 76.1 cm³/mol. The Labute approximate surface area is 117 Å². The van der Waals surface area contributed by atoms with E-state index in [1.165, 1.54) is 12.8 Å². The van der Waals surface area contributed by atoms with Crippen LogP contribution < -0.4 is 10.5 Å². The van der Waals surface area contributed by atoms with Crippen molar-refractivity contribution in [2.75, 3.05) is 12.8 Å². The lowest BCUT2D eigenvalue weighted by Crippen LogP contribution is -2.12. The Balaban J connectivity index is 1.94. The Morgan fingerprint density at radius 2 is 2.25 bits per heavy atom. The Bertz CT molecular complexity index is 605. The summed E-state index contributed by atoms with van der Waals surface area (Å²) in [7, 11) is 1.63. The number of nitrogens with zero attached hydrogens (tertiary/aromatic N) is 4. The number of aromatic nitrogens is 4. The van der Waals surface area contributed by atoms with Crippen molar-refractivity contribution < 1.29 is 4.74 Å². The molecule has 2 N–H and O–H groups in total. The SMILES string of the molecule is COc1ccc(N)cc1-c1nnnn1CC(C)C1CC1. The molecule has 1 unspecified atom stereocenters. The van der Waals surface area contributed by atoms with E-state index >= 15 is 0 Å². The molecule has 6 heteroatoms. The van der Waals surface area contributed by atoms with Crippen LogP contribution in [0.5, 0.6) is 5.75 Å². The number of nitrogen functional groups attached to an aromatic ring is 1. The summed E-state index contributed by atoms with van der Waals surface area (Å²) >= 11 is 0. The van der Waals surface area contributed by atoms with Crippen molar-refractivity contribution in [2.24, 2.45) is 11.8 Å². The summed E-state index contributed by atoms with van der Waals surface area (Å²) in [6.07, 6.45) is 2.64. The Hall–Kier alpha value is -2.11. The second kappa shape index (κ2) is 5.11. The van der Waals surface area contributed by atoms with E-state index in [0.29, 0.717) is 17.4 Å². The summed E-state index contributed by atoms with van der Waals surface area (Å²) in [4.78, 5) is 0. The van der Waals surface area contributed by atoms with Gasteiger partial charge in [0, 0.05) is 12.2 Å². The third-order valence-electron chi connectivity index (χ3n) is 3.88. The summed E-state index contributed by atoms with van der Waals surface area (Å²) in [5.41, 5.74) is 7.37. The largest absolute Gasteiger partial charge is 0.496 e. The molecule has 20 heavy (non-hydrogen) atoms. The van der Waals surface area contributed by atoms with Crippen LogP contribution in [-0.2, 0) is 6.54 Å². The Morgan fingerprint density at radius 1 is 1.45 bits per heavy atom. The molecule has 2 aromatic rings. The maximum atomic E-state index is 5.86. The van der Waals surface area contributed by atoms with Crippen molar-refractivity contribution >= 4 is 5.69 Å². The number of methoxy groups -OCH3 is 1. The van der Waals surface area contributed by atoms with Crippen LogP contribution in [0, 0.1) is 11.8 Å². The molecule has 0 amide bonds. The van der Waals surface area contributed by atoms with Gasteiger partial charge in [0.15, 0.2) is 5.82 Å². The molecule has 0 bridgehead atoms. The van der Waals surface area contributed by atoms with E-state index in [-0.39, 0.29) is 0 Å². The van der Waals surface area contributed by atoms with Gasteiger partial charge in [0.05, 0.1) is 12.7 Å². The molecule has 1 saturated carbocycles. The monoisotopic (exact) mass is 273 g/mol. The van der Waals surface area contributed by atoms with E-state index in [2.05, 4.69) is 22.4 Å². The lowest BCUT2D eigenvalue weighted by Gasteiger charge is -2.13. The summed E-state index contributed by atoms with van der Waals surface area (Å²) < 4.78 is 7.23. The fourth-order valence-electron chi connectivity index (χ4n) is 2.51.